The molecule has 4 rings (SSSR count). The fourth-order valence-electron chi connectivity index (χ4n) is 2.81. The maximum atomic E-state index is 6.04. The first kappa shape index (κ1) is 16.0. The number of hydrogen-bond donors (Lipinski definition) is 0. The van der Waals surface area contributed by atoms with Gasteiger partial charge in [-0.3, -0.25) is 4.98 Å². The van der Waals surface area contributed by atoms with E-state index in [0.717, 1.165) is 29.0 Å². The second-order valence-corrected chi connectivity index (χ2v) is 6.74. The molecular formula is C18H18N4O2S. The Morgan fingerprint density at radius 1 is 1.20 bits per heavy atom. The lowest BCUT2D eigenvalue weighted by atomic mass is 10.2. The summed E-state index contributed by atoms with van der Waals surface area (Å²) in [6.45, 7) is 2.49. The summed E-state index contributed by atoms with van der Waals surface area (Å²) in [5.41, 5.74) is 2.97. The third-order valence-corrected chi connectivity index (χ3v) is 4.94. The quantitative estimate of drug-likeness (QED) is 0.675. The van der Waals surface area contributed by atoms with E-state index >= 15 is 0 Å². The van der Waals surface area contributed by atoms with Gasteiger partial charge in [-0.2, -0.15) is 4.98 Å². The Bertz CT molecular complexity index is 852. The molecule has 0 aliphatic heterocycles. The largest absolute Gasteiger partial charge is 0.495 e. The number of aryl methyl sites for hydroxylation is 1. The van der Waals surface area contributed by atoms with Crippen LogP contribution < -0.4 is 9.47 Å². The van der Waals surface area contributed by atoms with Crippen molar-refractivity contribution in [1.29, 1.82) is 0 Å². The predicted molar refractivity (Wildman–Crippen MR) is 95.0 cm³/mol. The van der Waals surface area contributed by atoms with Crippen molar-refractivity contribution in [1.82, 2.24) is 19.3 Å². The second-order valence-electron chi connectivity index (χ2n) is 6.09. The van der Waals surface area contributed by atoms with Crippen molar-refractivity contribution >= 4 is 11.5 Å². The summed E-state index contributed by atoms with van der Waals surface area (Å²) >= 11 is 1.41. The zero-order valence-corrected chi connectivity index (χ0v) is 14.9. The van der Waals surface area contributed by atoms with Gasteiger partial charge in [0.05, 0.1) is 25.5 Å². The summed E-state index contributed by atoms with van der Waals surface area (Å²) in [7, 11) is 1.65. The van der Waals surface area contributed by atoms with Crippen LogP contribution in [0, 0.1) is 12.8 Å². The van der Waals surface area contributed by atoms with Gasteiger partial charge in [0.15, 0.2) is 0 Å². The van der Waals surface area contributed by atoms with Crippen molar-refractivity contribution in [2.24, 2.45) is 5.92 Å². The molecular weight excluding hydrogens is 336 g/mol. The van der Waals surface area contributed by atoms with Gasteiger partial charge in [0.1, 0.15) is 11.6 Å². The van der Waals surface area contributed by atoms with E-state index in [-0.39, 0.29) is 0 Å². The van der Waals surface area contributed by atoms with Crippen molar-refractivity contribution in [3.63, 3.8) is 0 Å². The van der Waals surface area contributed by atoms with Crippen LogP contribution >= 0.6 is 11.5 Å². The van der Waals surface area contributed by atoms with Gasteiger partial charge in [0.25, 0.3) is 0 Å². The number of ether oxygens (including phenoxy) is 2. The normalized spacial score (nSPS) is 18.8. The molecule has 0 N–H and O–H groups in total. The van der Waals surface area contributed by atoms with Crippen molar-refractivity contribution < 1.29 is 9.47 Å². The maximum Gasteiger partial charge on any atom is 0.224 e. The number of nitrogens with zero attached hydrogens (tertiary/aromatic N) is 4. The fourth-order valence-corrected chi connectivity index (χ4v) is 3.34. The molecule has 7 heteroatoms. The Balaban J connectivity index is 1.43. The van der Waals surface area contributed by atoms with Crippen LogP contribution in [0.15, 0.2) is 36.1 Å². The summed E-state index contributed by atoms with van der Waals surface area (Å²) in [6, 6.07) is 3.98. The molecule has 3 heterocycles. The van der Waals surface area contributed by atoms with Crippen molar-refractivity contribution in [3.05, 3.63) is 47.6 Å². The van der Waals surface area contributed by atoms with Crippen LogP contribution in [0.25, 0.3) is 11.1 Å². The molecule has 0 radical (unpaired) electrons. The maximum absolute atomic E-state index is 6.04. The highest BCUT2D eigenvalue weighted by Gasteiger charge is 2.40. The molecule has 3 aromatic rings. The highest BCUT2D eigenvalue weighted by molar-refractivity contribution is 7.03. The van der Waals surface area contributed by atoms with Crippen LogP contribution in [-0.4, -0.2) is 33.0 Å². The third kappa shape index (κ3) is 3.46. The van der Waals surface area contributed by atoms with Gasteiger partial charge >= 0.3 is 0 Å². The summed E-state index contributed by atoms with van der Waals surface area (Å²) in [6.07, 6.45) is 6.46. The molecule has 0 bridgehead atoms. The minimum atomic E-state index is 0.445. The Labute approximate surface area is 150 Å². The van der Waals surface area contributed by atoms with Gasteiger partial charge in [-0.05, 0) is 37.0 Å². The zero-order chi connectivity index (χ0) is 17.2. The first-order valence-electron chi connectivity index (χ1n) is 8.10. The van der Waals surface area contributed by atoms with E-state index in [1.165, 1.54) is 11.5 Å². The Hall–Kier alpha value is -2.54. The van der Waals surface area contributed by atoms with Gasteiger partial charge < -0.3 is 9.47 Å². The van der Waals surface area contributed by atoms with Crippen molar-refractivity contribution in [3.8, 4) is 22.8 Å². The smallest absolute Gasteiger partial charge is 0.224 e. The summed E-state index contributed by atoms with van der Waals surface area (Å²) in [4.78, 5) is 13.2. The van der Waals surface area contributed by atoms with E-state index in [1.807, 2.05) is 30.6 Å². The molecule has 2 unspecified atom stereocenters. The van der Waals surface area contributed by atoms with Crippen LogP contribution in [0.1, 0.15) is 23.9 Å². The number of rotatable bonds is 6. The number of methoxy groups -OCH3 is 1. The van der Waals surface area contributed by atoms with Gasteiger partial charge in [0.2, 0.25) is 5.88 Å². The van der Waals surface area contributed by atoms with Crippen LogP contribution in [0.2, 0.25) is 0 Å². The molecule has 0 spiro atoms. The van der Waals surface area contributed by atoms with E-state index in [0.29, 0.717) is 30.1 Å². The van der Waals surface area contributed by atoms with Crippen LogP contribution in [0.4, 0.5) is 0 Å². The van der Waals surface area contributed by atoms with E-state index in [4.69, 9.17) is 9.47 Å². The van der Waals surface area contributed by atoms with Gasteiger partial charge in [-0.25, -0.2) is 9.36 Å². The first-order valence-corrected chi connectivity index (χ1v) is 8.94. The van der Waals surface area contributed by atoms with E-state index < -0.39 is 0 Å². The lowest BCUT2D eigenvalue weighted by Crippen LogP contribution is -2.05. The molecule has 6 nitrogen and oxygen atoms in total. The molecule has 1 aliphatic rings. The molecule has 3 aromatic heterocycles. The minimum Gasteiger partial charge on any atom is -0.495 e. The standard InChI is InChI=1S/C18H18N4O2S/c1-11-19-8-16(13-6-21-25-10-13)18(22-11)24-9-12-5-15(12)17-4-3-14(23-2)7-20-17/h3-4,6-8,10,12,15H,5,9H2,1-2H3. The lowest BCUT2D eigenvalue weighted by molar-refractivity contribution is 0.285. The molecule has 128 valence electrons. The molecule has 1 aliphatic carbocycles. The molecule has 0 amide bonds. The minimum absolute atomic E-state index is 0.445. The topological polar surface area (TPSA) is 70.0 Å². The molecule has 1 saturated carbocycles. The Kier molecular flexibility index (Phi) is 4.31. The molecule has 0 saturated heterocycles. The Morgan fingerprint density at radius 3 is 2.84 bits per heavy atom. The second kappa shape index (κ2) is 6.76. The average Bonchev–Trinajstić information content (AvgIpc) is 3.21. The zero-order valence-electron chi connectivity index (χ0n) is 14.0. The van der Waals surface area contributed by atoms with E-state index in [1.54, 1.807) is 19.5 Å². The van der Waals surface area contributed by atoms with Crippen molar-refractivity contribution in [2.75, 3.05) is 13.7 Å². The highest BCUT2D eigenvalue weighted by atomic mass is 32.1. The van der Waals surface area contributed by atoms with Crippen molar-refractivity contribution in [2.45, 2.75) is 19.3 Å². The van der Waals surface area contributed by atoms with Crippen LogP contribution in [-0.2, 0) is 0 Å². The highest BCUT2D eigenvalue weighted by Crippen LogP contribution is 2.47. The number of aromatic nitrogens is 4. The molecule has 2 atom stereocenters. The fraction of sp³-hybridized carbons (Fsp3) is 0.333. The number of hydrogen-bond acceptors (Lipinski definition) is 7. The lowest BCUT2D eigenvalue weighted by Gasteiger charge is -2.09. The van der Waals surface area contributed by atoms with Gasteiger partial charge in [0, 0.05) is 40.9 Å². The number of pyridine rings is 1. The van der Waals surface area contributed by atoms with E-state index in [9.17, 15) is 0 Å². The summed E-state index contributed by atoms with van der Waals surface area (Å²) in [5.74, 6) is 3.01. The molecule has 0 aromatic carbocycles. The predicted octanol–water partition coefficient (Wildman–Crippen LogP) is 3.49. The Morgan fingerprint density at radius 2 is 2.12 bits per heavy atom. The van der Waals surface area contributed by atoms with Gasteiger partial charge in [-0.15, -0.1) is 0 Å². The van der Waals surface area contributed by atoms with Crippen LogP contribution in [0.5, 0.6) is 11.6 Å². The third-order valence-electron chi connectivity index (χ3n) is 4.35. The molecule has 1 fully saturated rings. The van der Waals surface area contributed by atoms with Gasteiger partial charge in [-0.1, -0.05) is 0 Å². The molecule has 25 heavy (non-hydrogen) atoms. The summed E-state index contributed by atoms with van der Waals surface area (Å²) < 4.78 is 15.3. The average molecular weight is 354 g/mol. The SMILES string of the molecule is COc1ccc(C2CC2COc2nc(C)ncc2-c2cnsc2)nc1. The van der Waals surface area contributed by atoms with Crippen LogP contribution in [0.3, 0.4) is 0 Å². The monoisotopic (exact) mass is 354 g/mol. The first-order chi connectivity index (χ1) is 12.2. The summed E-state index contributed by atoms with van der Waals surface area (Å²) in [5, 5.41) is 1.97. The van der Waals surface area contributed by atoms with E-state index in [2.05, 4.69) is 19.3 Å².